The second-order valence-electron chi connectivity index (χ2n) is 4.50. The number of carbonyl (C=O) groups excluding carboxylic acids is 1. The fourth-order valence-electron chi connectivity index (χ4n) is 1.64. The van der Waals surface area contributed by atoms with Crippen molar-refractivity contribution in [1.29, 1.82) is 0 Å². The third-order valence-electron chi connectivity index (χ3n) is 2.66. The highest BCUT2D eigenvalue weighted by atomic mass is 19.1. The van der Waals surface area contributed by atoms with E-state index in [1.54, 1.807) is 6.20 Å². The summed E-state index contributed by atoms with van der Waals surface area (Å²) < 4.78 is 19.6. The molecule has 112 valence electrons. The first-order valence-corrected chi connectivity index (χ1v) is 6.71. The number of amides is 1. The highest BCUT2D eigenvalue weighted by Crippen LogP contribution is 2.12. The topological polar surface area (TPSA) is 69.0 Å². The van der Waals surface area contributed by atoms with Crippen molar-refractivity contribution >= 4 is 5.91 Å². The summed E-state index contributed by atoms with van der Waals surface area (Å²) in [5, 5.41) is 10.5. The van der Waals surface area contributed by atoms with E-state index >= 15 is 0 Å². The van der Waals surface area contributed by atoms with Crippen LogP contribution < -0.4 is 10.1 Å². The molecule has 1 aromatic heterocycles. The molecule has 2 rings (SSSR count). The summed E-state index contributed by atoms with van der Waals surface area (Å²) in [7, 11) is 0. The van der Waals surface area contributed by atoms with Crippen LogP contribution in [0.25, 0.3) is 0 Å². The van der Waals surface area contributed by atoms with Crippen molar-refractivity contribution in [2.24, 2.45) is 0 Å². The molecule has 0 bridgehead atoms. The fourth-order valence-corrected chi connectivity index (χ4v) is 1.64. The zero-order valence-electron chi connectivity index (χ0n) is 11.8. The van der Waals surface area contributed by atoms with Crippen molar-refractivity contribution in [3.05, 3.63) is 42.0 Å². The number of hydrogen-bond acceptors (Lipinski definition) is 4. The molecule has 1 aromatic carbocycles. The molecule has 1 heterocycles. The maximum absolute atomic E-state index is 12.7. The molecule has 0 aliphatic carbocycles. The highest BCUT2D eigenvalue weighted by molar-refractivity contribution is 5.75. The Balaban J connectivity index is 1.82. The number of halogens is 1. The molecule has 21 heavy (non-hydrogen) atoms. The van der Waals surface area contributed by atoms with Gasteiger partial charge in [-0.3, -0.25) is 4.79 Å². The lowest BCUT2D eigenvalue weighted by atomic mass is 10.3. The molecule has 1 N–H and O–H groups in total. The lowest BCUT2D eigenvalue weighted by molar-refractivity contribution is -0.121. The summed E-state index contributed by atoms with van der Waals surface area (Å²) in [5.41, 5.74) is 0.600. The Morgan fingerprint density at radius 2 is 2.14 bits per heavy atom. The van der Waals surface area contributed by atoms with E-state index < -0.39 is 0 Å². The molecule has 0 saturated carbocycles. The van der Waals surface area contributed by atoms with E-state index in [2.05, 4.69) is 15.6 Å². The van der Waals surface area contributed by atoms with E-state index in [4.69, 9.17) is 4.74 Å². The van der Waals surface area contributed by atoms with Crippen molar-refractivity contribution in [3.63, 3.8) is 0 Å². The molecule has 0 spiro atoms. The number of aromatic nitrogens is 3. The number of carbonyl (C=O) groups is 1. The summed E-state index contributed by atoms with van der Waals surface area (Å²) in [6.07, 6.45) is 2.54. The van der Waals surface area contributed by atoms with Gasteiger partial charge in [0.15, 0.2) is 0 Å². The molecule has 0 atom stereocenters. The minimum Gasteiger partial charge on any atom is -0.487 e. The molecule has 7 heteroatoms. The minimum absolute atomic E-state index is 0.104. The van der Waals surface area contributed by atoms with Crippen molar-refractivity contribution < 1.29 is 13.9 Å². The average molecular weight is 292 g/mol. The quantitative estimate of drug-likeness (QED) is 0.840. The van der Waals surface area contributed by atoms with Crippen LogP contribution in [0.15, 0.2) is 30.5 Å². The Kier molecular flexibility index (Phi) is 5.25. The number of hydrogen-bond donors (Lipinski definition) is 1. The number of nitrogens with zero attached hydrogens (tertiary/aromatic N) is 3. The Hall–Kier alpha value is -2.44. The summed E-state index contributed by atoms with van der Waals surface area (Å²) in [5.74, 6) is 0.130. The van der Waals surface area contributed by atoms with E-state index in [1.807, 2.05) is 6.92 Å². The van der Waals surface area contributed by atoms with Gasteiger partial charge in [0.1, 0.15) is 30.4 Å². The van der Waals surface area contributed by atoms with E-state index in [1.165, 1.54) is 28.9 Å². The Morgan fingerprint density at radius 3 is 2.86 bits per heavy atom. The van der Waals surface area contributed by atoms with Crippen LogP contribution in [0.4, 0.5) is 4.39 Å². The lowest BCUT2D eigenvalue weighted by Crippen LogP contribution is -2.28. The molecule has 1 amide bonds. The Morgan fingerprint density at radius 1 is 1.38 bits per heavy atom. The van der Waals surface area contributed by atoms with Crippen molar-refractivity contribution in [2.75, 3.05) is 6.54 Å². The summed E-state index contributed by atoms with van der Waals surface area (Å²) in [6, 6.07) is 5.73. The summed E-state index contributed by atoms with van der Waals surface area (Å²) in [4.78, 5) is 11.5. The number of benzene rings is 1. The van der Waals surface area contributed by atoms with E-state index in [9.17, 15) is 9.18 Å². The van der Waals surface area contributed by atoms with Crippen LogP contribution in [0.1, 0.15) is 19.0 Å². The van der Waals surface area contributed by atoms with Crippen LogP contribution in [-0.2, 0) is 17.9 Å². The molecule has 0 unspecified atom stereocenters. The standard InChI is InChI=1S/C14H17FN4O2/c1-2-7-16-14(20)9-19-8-12(17-18-19)10-21-13-5-3-11(15)4-6-13/h3-6,8H,2,7,9-10H2,1H3,(H,16,20). The average Bonchev–Trinajstić information content (AvgIpc) is 2.92. The van der Waals surface area contributed by atoms with Gasteiger partial charge in [-0.1, -0.05) is 12.1 Å². The number of nitrogens with one attached hydrogen (secondary N) is 1. The second kappa shape index (κ2) is 7.37. The van der Waals surface area contributed by atoms with Crippen molar-refractivity contribution in [1.82, 2.24) is 20.3 Å². The first kappa shape index (κ1) is 15.0. The first-order chi connectivity index (χ1) is 10.2. The van der Waals surface area contributed by atoms with Gasteiger partial charge in [-0.05, 0) is 30.7 Å². The molecule has 6 nitrogen and oxygen atoms in total. The normalized spacial score (nSPS) is 10.4. The van der Waals surface area contributed by atoms with E-state index in [-0.39, 0.29) is 24.9 Å². The van der Waals surface area contributed by atoms with Gasteiger partial charge < -0.3 is 10.1 Å². The maximum atomic E-state index is 12.7. The number of ether oxygens (including phenoxy) is 1. The Labute approximate surface area is 121 Å². The van der Waals surface area contributed by atoms with Gasteiger partial charge in [0.05, 0.1) is 6.20 Å². The Bertz CT molecular complexity index is 583. The molecule has 0 fully saturated rings. The first-order valence-electron chi connectivity index (χ1n) is 6.71. The van der Waals surface area contributed by atoms with Gasteiger partial charge in [-0.2, -0.15) is 0 Å². The lowest BCUT2D eigenvalue weighted by Gasteiger charge is -2.03. The van der Waals surface area contributed by atoms with E-state index in [0.717, 1.165) is 6.42 Å². The largest absolute Gasteiger partial charge is 0.487 e. The van der Waals surface area contributed by atoms with Crippen LogP contribution in [0.3, 0.4) is 0 Å². The van der Waals surface area contributed by atoms with E-state index in [0.29, 0.717) is 18.0 Å². The molecular weight excluding hydrogens is 275 g/mol. The second-order valence-corrected chi connectivity index (χ2v) is 4.50. The maximum Gasteiger partial charge on any atom is 0.241 e. The predicted molar refractivity (Wildman–Crippen MR) is 74.1 cm³/mol. The third-order valence-corrected chi connectivity index (χ3v) is 2.66. The molecular formula is C14H17FN4O2. The zero-order chi connectivity index (χ0) is 15.1. The van der Waals surface area contributed by atoms with Gasteiger partial charge in [-0.25, -0.2) is 9.07 Å². The van der Waals surface area contributed by atoms with Gasteiger partial charge in [0.2, 0.25) is 5.91 Å². The zero-order valence-corrected chi connectivity index (χ0v) is 11.8. The monoisotopic (exact) mass is 292 g/mol. The van der Waals surface area contributed by atoms with Crippen LogP contribution in [0.5, 0.6) is 5.75 Å². The highest BCUT2D eigenvalue weighted by Gasteiger charge is 2.06. The predicted octanol–water partition coefficient (Wildman–Crippen LogP) is 1.52. The summed E-state index contributed by atoms with van der Waals surface area (Å²) in [6.45, 7) is 2.97. The smallest absolute Gasteiger partial charge is 0.241 e. The number of rotatable bonds is 7. The van der Waals surface area contributed by atoms with Crippen LogP contribution in [-0.4, -0.2) is 27.4 Å². The molecule has 0 aliphatic heterocycles. The molecule has 2 aromatic rings. The summed E-state index contributed by atoms with van der Waals surface area (Å²) >= 11 is 0. The SMILES string of the molecule is CCCNC(=O)Cn1cc(COc2ccc(F)cc2)nn1. The molecule has 0 saturated heterocycles. The van der Waals surface area contributed by atoms with Crippen molar-refractivity contribution in [2.45, 2.75) is 26.5 Å². The fraction of sp³-hybridized carbons (Fsp3) is 0.357. The minimum atomic E-state index is -0.314. The van der Waals surface area contributed by atoms with Gasteiger partial charge >= 0.3 is 0 Å². The van der Waals surface area contributed by atoms with Crippen LogP contribution >= 0.6 is 0 Å². The molecule has 0 aliphatic rings. The molecule has 0 radical (unpaired) electrons. The third kappa shape index (κ3) is 4.87. The van der Waals surface area contributed by atoms with Gasteiger partial charge in [-0.15, -0.1) is 5.10 Å². The van der Waals surface area contributed by atoms with Gasteiger partial charge in [0.25, 0.3) is 0 Å². The van der Waals surface area contributed by atoms with Gasteiger partial charge in [0, 0.05) is 6.54 Å². The van der Waals surface area contributed by atoms with Crippen molar-refractivity contribution in [3.8, 4) is 5.75 Å². The van der Waals surface area contributed by atoms with Crippen LogP contribution in [0.2, 0.25) is 0 Å². The van der Waals surface area contributed by atoms with Crippen LogP contribution in [0, 0.1) is 5.82 Å².